The summed E-state index contributed by atoms with van der Waals surface area (Å²) >= 11 is 1.31. The Morgan fingerprint density at radius 1 is 1.17 bits per heavy atom. The predicted octanol–water partition coefficient (Wildman–Crippen LogP) is 4.37. The van der Waals surface area contributed by atoms with Crippen LogP contribution in [0.2, 0.25) is 0 Å². The molecule has 1 fully saturated rings. The van der Waals surface area contributed by atoms with Gasteiger partial charge in [0.25, 0.3) is 5.91 Å². The first-order valence-corrected chi connectivity index (χ1v) is 10.7. The second kappa shape index (κ2) is 10.8. The number of anilines is 1. The molecule has 1 aromatic heterocycles. The van der Waals surface area contributed by atoms with Crippen molar-refractivity contribution < 1.29 is 51.5 Å². The van der Waals surface area contributed by atoms with Gasteiger partial charge in [-0.25, -0.2) is 4.79 Å². The predicted molar refractivity (Wildman–Crippen MR) is 112 cm³/mol. The SMILES string of the molecule is COC(=O)c1scc(C)c1NC(=O)C(C)[N+]1(Cc2ccccc2)CCCCC1.[Y]. The summed E-state index contributed by atoms with van der Waals surface area (Å²) in [7, 11) is 1.36. The van der Waals surface area contributed by atoms with Crippen molar-refractivity contribution in [2.24, 2.45) is 0 Å². The quantitative estimate of drug-likeness (QED) is 0.484. The van der Waals surface area contributed by atoms with Crippen LogP contribution in [0.25, 0.3) is 0 Å². The maximum absolute atomic E-state index is 13.2. The number of quaternary nitrogens is 1. The van der Waals surface area contributed by atoms with E-state index in [1.807, 2.05) is 25.3 Å². The molecule has 2 aromatic rings. The van der Waals surface area contributed by atoms with Gasteiger partial charge in [0.15, 0.2) is 6.04 Å². The number of hydrogen-bond donors (Lipinski definition) is 1. The minimum absolute atomic E-state index is 0. The van der Waals surface area contributed by atoms with Gasteiger partial charge in [-0.3, -0.25) is 4.79 Å². The summed E-state index contributed by atoms with van der Waals surface area (Å²) in [5.74, 6) is -0.448. The number of likely N-dealkylation sites (tertiary alicyclic amines) is 1. The van der Waals surface area contributed by atoms with Crippen LogP contribution < -0.4 is 5.32 Å². The van der Waals surface area contributed by atoms with Crippen molar-refractivity contribution in [1.82, 2.24) is 0 Å². The van der Waals surface area contributed by atoms with E-state index in [1.165, 1.54) is 30.4 Å². The number of ether oxygens (including phenoxy) is 1. The second-order valence-corrected chi connectivity index (χ2v) is 8.53. The van der Waals surface area contributed by atoms with E-state index in [0.717, 1.165) is 42.5 Å². The maximum Gasteiger partial charge on any atom is 0.350 e. The number of benzene rings is 1. The van der Waals surface area contributed by atoms with Gasteiger partial charge in [-0.1, -0.05) is 30.3 Å². The normalized spacial score (nSPS) is 16.4. The van der Waals surface area contributed by atoms with Crippen LogP contribution in [0.5, 0.6) is 0 Å². The number of esters is 1. The molecule has 153 valence electrons. The molecular weight excluding hydrogens is 461 g/mol. The Labute approximate surface area is 202 Å². The van der Waals surface area contributed by atoms with Crippen LogP contribution in [-0.4, -0.2) is 42.6 Å². The molecular formula is C22H29N2O3SY+. The first-order chi connectivity index (χ1) is 13.5. The largest absolute Gasteiger partial charge is 0.465 e. The molecule has 0 bridgehead atoms. The van der Waals surface area contributed by atoms with Gasteiger partial charge in [0.1, 0.15) is 11.4 Å². The number of nitrogens with one attached hydrogen (secondary N) is 1. The summed E-state index contributed by atoms with van der Waals surface area (Å²) in [4.78, 5) is 25.7. The number of amides is 1. The molecule has 1 radical (unpaired) electrons. The summed E-state index contributed by atoms with van der Waals surface area (Å²) < 4.78 is 5.62. The van der Waals surface area contributed by atoms with E-state index in [0.29, 0.717) is 10.6 Å². The summed E-state index contributed by atoms with van der Waals surface area (Å²) in [6.45, 7) is 6.76. The van der Waals surface area contributed by atoms with Crippen LogP contribution in [-0.2, 0) is 48.8 Å². The summed E-state index contributed by atoms with van der Waals surface area (Å²) in [6, 6.07) is 10.2. The van der Waals surface area contributed by atoms with Crippen molar-refractivity contribution in [3.63, 3.8) is 0 Å². The monoisotopic (exact) mass is 490 g/mol. The molecule has 1 saturated heterocycles. The molecule has 1 N–H and O–H groups in total. The average molecular weight is 490 g/mol. The van der Waals surface area contributed by atoms with Crippen LogP contribution in [0.15, 0.2) is 35.7 Å². The van der Waals surface area contributed by atoms with Crippen molar-refractivity contribution in [2.45, 2.75) is 45.7 Å². The van der Waals surface area contributed by atoms with E-state index in [-0.39, 0.29) is 44.7 Å². The summed E-state index contributed by atoms with van der Waals surface area (Å²) in [6.07, 6.45) is 3.49. The van der Waals surface area contributed by atoms with E-state index in [4.69, 9.17) is 4.74 Å². The first-order valence-electron chi connectivity index (χ1n) is 9.84. The van der Waals surface area contributed by atoms with Crippen LogP contribution in [0.4, 0.5) is 5.69 Å². The minimum atomic E-state index is -0.410. The van der Waals surface area contributed by atoms with Crippen LogP contribution in [0.3, 0.4) is 0 Å². The zero-order valence-corrected chi connectivity index (χ0v) is 21.1. The second-order valence-electron chi connectivity index (χ2n) is 7.65. The first kappa shape index (κ1) is 24.2. The Kier molecular flexibility index (Phi) is 9.01. The van der Waals surface area contributed by atoms with Gasteiger partial charge in [0.05, 0.1) is 25.9 Å². The number of carbonyl (C=O) groups is 2. The van der Waals surface area contributed by atoms with Gasteiger partial charge >= 0.3 is 5.97 Å². The molecule has 2 heterocycles. The Balaban J connectivity index is 0.00000300. The molecule has 1 unspecified atom stereocenters. The number of hydrogen-bond acceptors (Lipinski definition) is 4. The van der Waals surface area contributed by atoms with Gasteiger partial charge in [-0.2, -0.15) is 0 Å². The van der Waals surface area contributed by atoms with Gasteiger partial charge in [-0.15, -0.1) is 11.3 Å². The van der Waals surface area contributed by atoms with Crippen LogP contribution >= 0.6 is 11.3 Å². The molecule has 7 heteroatoms. The number of methoxy groups -OCH3 is 1. The third kappa shape index (κ3) is 5.54. The van der Waals surface area contributed by atoms with Gasteiger partial charge in [-0.05, 0) is 44.1 Å². The van der Waals surface area contributed by atoms with Crippen LogP contribution in [0.1, 0.15) is 47.0 Å². The third-order valence-electron chi connectivity index (χ3n) is 5.84. The molecule has 1 aromatic carbocycles. The number of carbonyl (C=O) groups excluding carboxylic acids is 2. The Bertz CT molecular complexity index is 832. The molecule has 1 aliphatic rings. The Morgan fingerprint density at radius 2 is 1.83 bits per heavy atom. The molecule has 5 nitrogen and oxygen atoms in total. The van der Waals surface area contributed by atoms with Gasteiger partial charge in [0, 0.05) is 38.3 Å². The molecule has 0 saturated carbocycles. The maximum atomic E-state index is 13.2. The molecule has 1 amide bonds. The third-order valence-corrected chi connectivity index (χ3v) is 6.92. The number of nitrogens with zero attached hydrogens (tertiary/aromatic N) is 1. The Morgan fingerprint density at radius 3 is 2.45 bits per heavy atom. The zero-order valence-electron chi connectivity index (χ0n) is 17.4. The topological polar surface area (TPSA) is 55.4 Å². The number of rotatable bonds is 6. The summed E-state index contributed by atoms with van der Waals surface area (Å²) in [5, 5.41) is 4.91. The molecule has 1 aliphatic heterocycles. The van der Waals surface area contributed by atoms with E-state index in [9.17, 15) is 9.59 Å². The number of piperidine rings is 1. The van der Waals surface area contributed by atoms with Crippen molar-refractivity contribution >= 4 is 28.9 Å². The standard InChI is InChI=1S/C22H28N2O3S.Y/c1-16-15-28-20(22(26)27-3)19(16)23-21(25)17(2)24(12-8-5-9-13-24)14-18-10-6-4-7-11-18;/h4,6-7,10-11,15,17H,5,8-9,12-14H2,1-3H3;/p+1. The zero-order chi connectivity index (χ0) is 20.1. The summed E-state index contributed by atoms with van der Waals surface area (Å²) in [5.41, 5.74) is 2.73. The van der Waals surface area contributed by atoms with E-state index >= 15 is 0 Å². The fraction of sp³-hybridized carbons (Fsp3) is 0.455. The number of thiophene rings is 1. The van der Waals surface area contributed by atoms with Crippen molar-refractivity contribution in [3.05, 3.63) is 51.7 Å². The Hall–Kier alpha value is -1.08. The average Bonchev–Trinajstić information content (AvgIpc) is 3.08. The van der Waals surface area contributed by atoms with Gasteiger partial charge < -0.3 is 14.5 Å². The van der Waals surface area contributed by atoms with Crippen molar-refractivity contribution in [2.75, 3.05) is 25.5 Å². The molecule has 0 aliphatic carbocycles. The molecule has 3 rings (SSSR count). The van der Waals surface area contributed by atoms with Gasteiger partial charge in [0.2, 0.25) is 0 Å². The number of aryl methyl sites for hydroxylation is 1. The molecule has 1 atom stereocenters. The minimum Gasteiger partial charge on any atom is -0.465 e. The molecule has 0 spiro atoms. The van der Waals surface area contributed by atoms with Crippen molar-refractivity contribution in [3.8, 4) is 0 Å². The van der Waals surface area contributed by atoms with Crippen molar-refractivity contribution in [1.29, 1.82) is 0 Å². The van der Waals surface area contributed by atoms with Crippen LogP contribution in [0, 0.1) is 6.92 Å². The van der Waals surface area contributed by atoms with E-state index < -0.39 is 5.97 Å². The van der Waals surface area contributed by atoms with E-state index in [1.54, 1.807) is 0 Å². The fourth-order valence-corrected chi connectivity index (χ4v) is 5.01. The fourth-order valence-electron chi connectivity index (χ4n) is 4.09. The smallest absolute Gasteiger partial charge is 0.350 e. The van der Waals surface area contributed by atoms with E-state index in [2.05, 4.69) is 29.6 Å². The molecule has 29 heavy (non-hydrogen) atoms.